The summed E-state index contributed by atoms with van der Waals surface area (Å²) in [6, 6.07) is 13.5. The van der Waals surface area contributed by atoms with Crippen molar-refractivity contribution in [3.8, 4) is 0 Å². The van der Waals surface area contributed by atoms with Crippen LogP contribution in [0.4, 0.5) is 5.69 Å². The van der Waals surface area contributed by atoms with Gasteiger partial charge in [0, 0.05) is 36.0 Å². The van der Waals surface area contributed by atoms with Gasteiger partial charge in [-0.05, 0) is 29.8 Å². The van der Waals surface area contributed by atoms with Gasteiger partial charge < -0.3 is 10.0 Å². The van der Waals surface area contributed by atoms with E-state index in [1.54, 1.807) is 16.2 Å². The highest BCUT2D eigenvalue weighted by atomic mass is 35.5. The number of hydrogen-bond acceptors (Lipinski definition) is 4. The van der Waals surface area contributed by atoms with Crippen molar-refractivity contribution in [1.29, 1.82) is 0 Å². The Morgan fingerprint density at radius 3 is 3.00 bits per heavy atom. The van der Waals surface area contributed by atoms with E-state index < -0.39 is 0 Å². The van der Waals surface area contributed by atoms with Crippen LogP contribution in [0.1, 0.15) is 22.9 Å². The third kappa shape index (κ3) is 3.15. The number of aryl methyl sites for hydroxylation is 1. The summed E-state index contributed by atoms with van der Waals surface area (Å²) in [7, 11) is 0. The van der Waals surface area contributed by atoms with Gasteiger partial charge in [-0.1, -0.05) is 29.8 Å². The van der Waals surface area contributed by atoms with Crippen molar-refractivity contribution in [2.45, 2.75) is 18.8 Å². The molecule has 2 aromatic carbocycles. The second-order valence-corrected chi connectivity index (χ2v) is 7.71. The number of hydrogen-bond donors (Lipinski definition) is 1. The molecule has 1 atom stereocenters. The Hall–Kier alpha value is -1.95. The fourth-order valence-corrected chi connectivity index (χ4v) is 4.41. The van der Waals surface area contributed by atoms with Crippen LogP contribution in [0.2, 0.25) is 5.02 Å². The average molecular weight is 373 g/mol. The summed E-state index contributed by atoms with van der Waals surface area (Å²) >= 11 is 7.60. The molecule has 1 N–H and O–H groups in total. The molecule has 4 nitrogen and oxygen atoms in total. The lowest BCUT2D eigenvalue weighted by atomic mass is 10.0. The van der Waals surface area contributed by atoms with Gasteiger partial charge in [0.2, 0.25) is 5.91 Å². The maximum Gasteiger partial charge on any atom is 0.227 e. The van der Waals surface area contributed by atoms with Gasteiger partial charge in [-0.25, -0.2) is 4.98 Å². The standard InChI is InChI=1S/C19H17ClN2O2S/c20-13-5-6-17-15(9-13)21-18(25-17)7-8-19(24)22-10-12(11-23)14-3-1-2-4-16(14)22/h1-6,9,12,23H,7-8,10-11H2. The number of nitrogens with zero attached hydrogens (tertiary/aromatic N) is 2. The fourth-order valence-electron chi connectivity index (χ4n) is 3.29. The van der Waals surface area contributed by atoms with E-state index in [9.17, 15) is 9.90 Å². The van der Waals surface area contributed by atoms with Crippen LogP contribution in [0.15, 0.2) is 42.5 Å². The summed E-state index contributed by atoms with van der Waals surface area (Å²) in [5.74, 6) is 0.0745. The number of benzene rings is 2. The van der Waals surface area contributed by atoms with Crippen LogP contribution in [0.3, 0.4) is 0 Å². The number of para-hydroxylation sites is 1. The minimum absolute atomic E-state index is 0.00439. The molecule has 6 heteroatoms. The molecular weight excluding hydrogens is 356 g/mol. The third-order valence-corrected chi connectivity index (χ3v) is 5.87. The van der Waals surface area contributed by atoms with Gasteiger partial charge in [0.05, 0.1) is 21.8 Å². The van der Waals surface area contributed by atoms with Crippen LogP contribution in [-0.2, 0) is 11.2 Å². The van der Waals surface area contributed by atoms with Crippen LogP contribution in [0.5, 0.6) is 0 Å². The van der Waals surface area contributed by atoms with Crippen LogP contribution >= 0.6 is 22.9 Å². The van der Waals surface area contributed by atoms with E-state index in [1.165, 1.54) is 0 Å². The van der Waals surface area contributed by atoms with E-state index in [0.717, 1.165) is 26.5 Å². The normalized spacial score (nSPS) is 16.4. The zero-order valence-corrected chi connectivity index (χ0v) is 15.1. The number of thiazole rings is 1. The zero-order chi connectivity index (χ0) is 17.4. The van der Waals surface area contributed by atoms with Crippen LogP contribution in [0, 0.1) is 0 Å². The Balaban J connectivity index is 1.48. The molecule has 1 aliphatic rings. The van der Waals surface area contributed by atoms with E-state index in [-0.39, 0.29) is 18.4 Å². The third-order valence-electron chi connectivity index (χ3n) is 4.54. The number of rotatable bonds is 4. The van der Waals surface area contributed by atoms with Crippen molar-refractivity contribution in [3.05, 3.63) is 58.1 Å². The number of fused-ring (bicyclic) bond motifs is 2. The monoisotopic (exact) mass is 372 g/mol. The van der Waals surface area contributed by atoms with Gasteiger partial charge in [-0.3, -0.25) is 4.79 Å². The first-order valence-corrected chi connectivity index (χ1v) is 9.40. The molecule has 0 radical (unpaired) electrons. The minimum atomic E-state index is 0.00439. The maximum atomic E-state index is 12.7. The molecule has 0 fully saturated rings. The lowest BCUT2D eigenvalue weighted by Gasteiger charge is -2.17. The number of aromatic nitrogens is 1. The van der Waals surface area contributed by atoms with E-state index in [2.05, 4.69) is 4.98 Å². The summed E-state index contributed by atoms with van der Waals surface area (Å²) in [5.41, 5.74) is 2.85. The summed E-state index contributed by atoms with van der Waals surface area (Å²) < 4.78 is 1.08. The van der Waals surface area contributed by atoms with Gasteiger partial charge in [0.15, 0.2) is 0 Å². The number of carbonyl (C=O) groups excluding carboxylic acids is 1. The number of amides is 1. The molecule has 2 heterocycles. The van der Waals surface area contributed by atoms with E-state index in [1.807, 2.05) is 42.5 Å². The van der Waals surface area contributed by atoms with E-state index >= 15 is 0 Å². The van der Waals surface area contributed by atoms with E-state index in [0.29, 0.717) is 24.4 Å². The smallest absolute Gasteiger partial charge is 0.227 e. The number of aliphatic hydroxyl groups is 1. The molecular formula is C19H17ClN2O2S. The molecule has 0 saturated heterocycles. The lowest BCUT2D eigenvalue weighted by Crippen LogP contribution is -2.30. The first-order chi connectivity index (χ1) is 12.2. The topological polar surface area (TPSA) is 53.4 Å². The SMILES string of the molecule is O=C(CCc1nc2cc(Cl)ccc2s1)N1CC(CO)c2ccccc21. The first-order valence-electron chi connectivity index (χ1n) is 8.21. The molecule has 25 heavy (non-hydrogen) atoms. The molecule has 1 aromatic heterocycles. The van der Waals surface area contributed by atoms with E-state index in [4.69, 9.17) is 11.6 Å². The van der Waals surface area contributed by atoms with Gasteiger partial charge in [-0.2, -0.15) is 0 Å². The van der Waals surface area contributed by atoms with Crippen LogP contribution < -0.4 is 4.90 Å². The predicted octanol–water partition coefficient (Wildman–Crippen LogP) is 4.01. The molecule has 0 aliphatic carbocycles. The van der Waals surface area contributed by atoms with Gasteiger partial charge in [-0.15, -0.1) is 11.3 Å². The van der Waals surface area contributed by atoms with Crippen molar-refractivity contribution in [2.75, 3.05) is 18.1 Å². The number of halogens is 1. The van der Waals surface area contributed by atoms with Gasteiger partial charge >= 0.3 is 0 Å². The highest BCUT2D eigenvalue weighted by Gasteiger charge is 2.31. The summed E-state index contributed by atoms with van der Waals surface area (Å²) in [6.07, 6.45) is 1.01. The Morgan fingerprint density at radius 2 is 2.16 bits per heavy atom. The van der Waals surface area contributed by atoms with Crippen molar-refractivity contribution < 1.29 is 9.90 Å². The van der Waals surface area contributed by atoms with Gasteiger partial charge in [0.25, 0.3) is 0 Å². The first kappa shape index (κ1) is 16.5. The lowest BCUT2D eigenvalue weighted by molar-refractivity contribution is -0.118. The Bertz CT molecular complexity index is 940. The number of anilines is 1. The maximum absolute atomic E-state index is 12.7. The average Bonchev–Trinajstić information content (AvgIpc) is 3.20. The van der Waals surface area contributed by atoms with Crippen molar-refractivity contribution in [2.24, 2.45) is 0 Å². The second-order valence-electron chi connectivity index (χ2n) is 6.16. The molecule has 3 aromatic rings. The Labute approximate surface area is 154 Å². The highest BCUT2D eigenvalue weighted by molar-refractivity contribution is 7.18. The van der Waals surface area contributed by atoms with Crippen molar-refractivity contribution >= 4 is 44.7 Å². The largest absolute Gasteiger partial charge is 0.396 e. The Morgan fingerprint density at radius 1 is 1.32 bits per heavy atom. The Kier molecular flexibility index (Phi) is 4.46. The zero-order valence-electron chi connectivity index (χ0n) is 13.5. The van der Waals surface area contributed by atoms with Crippen molar-refractivity contribution in [1.82, 2.24) is 4.98 Å². The molecule has 128 valence electrons. The highest BCUT2D eigenvalue weighted by Crippen LogP contribution is 2.36. The fraction of sp³-hybridized carbons (Fsp3) is 0.263. The summed E-state index contributed by atoms with van der Waals surface area (Å²) in [6.45, 7) is 0.601. The number of aliphatic hydroxyl groups excluding tert-OH is 1. The molecule has 4 rings (SSSR count). The van der Waals surface area contributed by atoms with Crippen molar-refractivity contribution in [3.63, 3.8) is 0 Å². The predicted molar refractivity (Wildman–Crippen MR) is 102 cm³/mol. The summed E-state index contributed by atoms with van der Waals surface area (Å²) in [5, 5.41) is 11.2. The molecule has 1 unspecified atom stereocenters. The van der Waals surface area contributed by atoms with Crippen LogP contribution in [-0.4, -0.2) is 29.1 Å². The quantitative estimate of drug-likeness (QED) is 0.753. The molecule has 0 spiro atoms. The summed E-state index contributed by atoms with van der Waals surface area (Å²) in [4.78, 5) is 19.1. The molecule has 0 saturated carbocycles. The van der Waals surface area contributed by atoms with Gasteiger partial charge in [0.1, 0.15) is 0 Å². The molecule has 1 amide bonds. The minimum Gasteiger partial charge on any atom is -0.396 e. The molecule has 1 aliphatic heterocycles. The van der Waals surface area contributed by atoms with Crippen LogP contribution in [0.25, 0.3) is 10.2 Å². The number of carbonyl (C=O) groups is 1. The molecule has 0 bridgehead atoms. The second kappa shape index (κ2) is 6.75.